The molecule has 1 aliphatic rings. The van der Waals surface area contributed by atoms with Crippen LogP contribution in [0.2, 0.25) is 0 Å². The average Bonchev–Trinajstić information content (AvgIpc) is 3.18. The molecular weight excluding hydrogens is 482 g/mol. The third-order valence-corrected chi connectivity index (χ3v) is 6.84. The summed E-state index contributed by atoms with van der Waals surface area (Å²) in [5, 5.41) is 14.0. The van der Waals surface area contributed by atoms with E-state index >= 15 is 0 Å². The predicted octanol–water partition coefficient (Wildman–Crippen LogP) is 7.88. The summed E-state index contributed by atoms with van der Waals surface area (Å²) in [6.45, 7) is -0.587. The second-order valence-electron chi connectivity index (χ2n) is 9.09. The van der Waals surface area contributed by atoms with Crippen molar-refractivity contribution in [2.24, 2.45) is 0 Å². The number of aromatic nitrogens is 1. The number of nitrogens with one attached hydrogen (secondary N) is 1. The predicted molar refractivity (Wildman–Crippen MR) is 135 cm³/mol. The van der Waals surface area contributed by atoms with Crippen LogP contribution >= 0.6 is 0 Å². The lowest BCUT2D eigenvalue weighted by Gasteiger charge is -2.30. The number of rotatable bonds is 8. The van der Waals surface area contributed by atoms with Gasteiger partial charge in [0.2, 0.25) is 0 Å². The van der Waals surface area contributed by atoms with E-state index in [1.54, 1.807) is 12.1 Å². The molecule has 1 saturated carbocycles. The average molecular weight is 508 g/mol. The summed E-state index contributed by atoms with van der Waals surface area (Å²) in [6.07, 6.45) is -1.32. The van der Waals surface area contributed by atoms with Crippen LogP contribution in [0.3, 0.4) is 0 Å². The highest BCUT2D eigenvalue weighted by Gasteiger charge is 2.32. The van der Waals surface area contributed by atoms with Crippen molar-refractivity contribution in [1.29, 1.82) is 5.26 Å². The van der Waals surface area contributed by atoms with Crippen LogP contribution in [0.1, 0.15) is 42.0 Å². The van der Waals surface area contributed by atoms with E-state index in [9.17, 15) is 22.8 Å². The van der Waals surface area contributed by atoms with Gasteiger partial charge in [0, 0.05) is 29.7 Å². The van der Waals surface area contributed by atoms with E-state index in [2.05, 4.69) is 16.0 Å². The summed E-state index contributed by atoms with van der Waals surface area (Å²) in [5.74, 6) is 0.554. The molecule has 37 heavy (non-hydrogen) atoms. The van der Waals surface area contributed by atoms with Gasteiger partial charge in [-0.15, -0.1) is 0 Å². The highest BCUT2D eigenvalue weighted by Crippen LogP contribution is 2.43. The molecule has 1 heterocycles. The number of anilines is 1. The highest BCUT2D eigenvalue weighted by molar-refractivity contribution is 5.95. The van der Waals surface area contributed by atoms with Gasteiger partial charge in [-0.2, -0.15) is 18.4 Å². The molecule has 1 aliphatic carbocycles. The van der Waals surface area contributed by atoms with Gasteiger partial charge in [0.1, 0.15) is 25.1 Å². The van der Waals surface area contributed by atoms with Gasteiger partial charge in [-0.3, -0.25) is 0 Å². The Morgan fingerprint density at radius 1 is 1.03 bits per heavy atom. The smallest absolute Gasteiger partial charge is 0.416 e. The lowest BCUT2D eigenvalue weighted by molar-refractivity contribution is -0.138. The van der Waals surface area contributed by atoms with Gasteiger partial charge in [-0.1, -0.05) is 30.3 Å². The molecule has 1 fully saturated rings. The topological polar surface area (TPSA) is 50.0 Å². The maximum atomic E-state index is 13.3. The Balaban J connectivity index is 1.48. The Morgan fingerprint density at radius 3 is 2.43 bits per heavy atom. The number of ether oxygens (including phenoxy) is 1. The molecule has 5 rings (SSSR count). The molecule has 0 atom stereocenters. The first-order valence-corrected chi connectivity index (χ1v) is 12.2. The molecule has 0 aliphatic heterocycles. The first-order chi connectivity index (χ1) is 17.9. The lowest BCUT2D eigenvalue weighted by atomic mass is 9.92. The third-order valence-electron chi connectivity index (χ3n) is 6.84. The maximum absolute atomic E-state index is 13.3. The van der Waals surface area contributed by atoms with Gasteiger partial charge in [0.15, 0.2) is 0 Å². The molecule has 4 aromatic rings. The minimum atomic E-state index is -4.42. The van der Waals surface area contributed by atoms with Gasteiger partial charge in [0.05, 0.1) is 22.3 Å². The van der Waals surface area contributed by atoms with E-state index in [0.717, 1.165) is 47.5 Å². The Hall–Kier alpha value is -3.99. The summed E-state index contributed by atoms with van der Waals surface area (Å²) in [4.78, 5) is 0. The number of fused-ring (bicyclic) bond motifs is 1. The van der Waals surface area contributed by atoms with Crippen LogP contribution in [0.15, 0.2) is 66.7 Å². The van der Waals surface area contributed by atoms with Crippen LogP contribution in [-0.2, 0) is 12.7 Å². The van der Waals surface area contributed by atoms with Crippen molar-refractivity contribution in [2.45, 2.75) is 38.0 Å². The number of hydrogen-bond donors (Lipinski definition) is 1. The van der Waals surface area contributed by atoms with Crippen molar-refractivity contribution in [3.8, 4) is 23.1 Å². The summed E-state index contributed by atoms with van der Waals surface area (Å²) < 4.78 is 60.3. The Morgan fingerprint density at radius 2 is 1.78 bits per heavy atom. The first-order valence-electron chi connectivity index (χ1n) is 12.2. The second-order valence-corrected chi connectivity index (χ2v) is 9.09. The summed E-state index contributed by atoms with van der Waals surface area (Å²) in [7, 11) is 0. The molecule has 0 unspecified atom stereocenters. The Bertz CT molecular complexity index is 1450. The van der Waals surface area contributed by atoms with Gasteiger partial charge in [-0.25, -0.2) is 4.39 Å². The number of halogens is 4. The number of benzene rings is 3. The molecule has 1 aromatic heterocycles. The van der Waals surface area contributed by atoms with E-state index in [-0.39, 0.29) is 24.8 Å². The zero-order chi connectivity index (χ0) is 26.0. The third kappa shape index (κ3) is 4.86. The SMILES string of the molecule is N#Cc1c(-c2ccc(NCc3ccccc3C(F)(F)F)cc2)n(C2CCC2)c2cc(OCCF)ccc12. The number of nitriles is 1. The minimum absolute atomic E-state index is 0.0302. The number of hydrogen-bond acceptors (Lipinski definition) is 3. The molecule has 190 valence electrons. The largest absolute Gasteiger partial charge is 0.491 e. The van der Waals surface area contributed by atoms with Gasteiger partial charge >= 0.3 is 6.18 Å². The first kappa shape index (κ1) is 24.7. The molecule has 0 bridgehead atoms. The second kappa shape index (κ2) is 10.2. The van der Waals surface area contributed by atoms with E-state index in [1.165, 1.54) is 12.1 Å². The van der Waals surface area contributed by atoms with E-state index in [4.69, 9.17) is 4.74 Å². The summed E-state index contributed by atoms with van der Waals surface area (Å²) in [6, 6.07) is 20.9. The standard InChI is InChI=1S/C29H25F4N3O/c30-14-15-37-23-12-13-24-25(17-34)28(36(27(24)16-23)22-5-3-6-22)19-8-10-21(11-9-19)35-18-20-4-1-2-7-26(20)29(31,32)33/h1-2,4,7-13,16,22,35H,3,5-6,14-15,18H2. The lowest BCUT2D eigenvalue weighted by Crippen LogP contribution is -2.17. The summed E-state index contributed by atoms with van der Waals surface area (Å²) in [5.41, 5.74) is 3.26. The quantitative estimate of drug-likeness (QED) is 0.247. The molecule has 0 radical (unpaired) electrons. The van der Waals surface area contributed by atoms with Crippen LogP contribution in [0.25, 0.3) is 22.2 Å². The van der Waals surface area contributed by atoms with Crippen LogP contribution in [-0.4, -0.2) is 17.8 Å². The fraction of sp³-hybridized carbons (Fsp3) is 0.276. The van der Waals surface area contributed by atoms with Crippen molar-refractivity contribution < 1.29 is 22.3 Å². The molecular formula is C29H25F4N3O. The Kier molecular flexibility index (Phi) is 6.79. The van der Waals surface area contributed by atoms with Gasteiger partial charge in [0.25, 0.3) is 0 Å². The maximum Gasteiger partial charge on any atom is 0.416 e. The normalized spacial score (nSPS) is 13.8. The van der Waals surface area contributed by atoms with Crippen LogP contribution in [0, 0.1) is 11.3 Å². The zero-order valence-corrected chi connectivity index (χ0v) is 20.0. The fourth-order valence-corrected chi connectivity index (χ4v) is 4.85. The summed E-state index contributed by atoms with van der Waals surface area (Å²) >= 11 is 0. The monoisotopic (exact) mass is 507 g/mol. The molecule has 8 heteroatoms. The zero-order valence-electron chi connectivity index (χ0n) is 20.0. The fourth-order valence-electron chi connectivity index (χ4n) is 4.85. The number of nitrogens with zero attached hydrogens (tertiary/aromatic N) is 2. The molecule has 0 amide bonds. The van der Waals surface area contributed by atoms with Gasteiger partial charge in [-0.05, 0) is 60.7 Å². The molecule has 0 spiro atoms. The Labute approximate surface area is 212 Å². The molecule has 4 nitrogen and oxygen atoms in total. The van der Waals surface area contributed by atoms with Crippen LogP contribution in [0.5, 0.6) is 5.75 Å². The van der Waals surface area contributed by atoms with E-state index in [1.807, 2.05) is 36.4 Å². The van der Waals surface area contributed by atoms with E-state index < -0.39 is 18.4 Å². The van der Waals surface area contributed by atoms with Crippen molar-refractivity contribution in [3.63, 3.8) is 0 Å². The molecule has 1 N–H and O–H groups in total. The molecule has 0 saturated heterocycles. The van der Waals surface area contributed by atoms with Crippen molar-refractivity contribution >= 4 is 16.6 Å². The minimum Gasteiger partial charge on any atom is -0.491 e. The van der Waals surface area contributed by atoms with Gasteiger partial charge < -0.3 is 14.6 Å². The van der Waals surface area contributed by atoms with Crippen molar-refractivity contribution in [2.75, 3.05) is 18.6 Å². The van der Waals surface area contributed by atoms with E-state index in [0.29, 0.717) is 17.0 Å². The van der Waals surface area contributed by atoms with Crippen LogP contribution in [0.4, 0.5) is 23.2 Å². The number of alkyl halides is 4. The molecule has 3 aromatic carbocycles. The van der Waals surface area contributed by atoms with Crippen LogP contribution < -0.4 is 10.1 Å². The van der Waals surface area contributed by atoms with Crippen molar-refractivity contribution in [3.05, 3.63) is 83.4 Å². The van der Waals surface area contributed by atoms with Crippen molar-refractivity contribution in [1.82, 2.24) is 4.57 Å². The highest BCUT2D eigenvalue weighted by atomic mass is 19.4.